The highest BCUT2D eigenvalue weighted by atomic mass is 35.5. The third kappa shape index (κ3) is 2.23. The van der Waals surface area contributed by atoms with Crippen LogP contribution in [-0.4, -0.2) is 11.7 Å². The molecule has 0 aliphatic heterocycles. The number of benzene rings is 1. The lowest BCUT2D eigenvalue weighted by Gasteiger charge is -2.25. The summed E-state index contributed by atoms with van der Waals surface area (Å²) in [6, 6.07) is 4.42. The highest BCUT2D eigenvalue weighted by Crippen LogP contribution is 2.30. The van der Waals surface area contributed by atoms with Crippen molar-refractivity contribution in [2.75, 3.05) is 6.61 Å². The van der Waals surface area contributed by atoms with Crippen molar-refractivity contribution in [1.82, 2.24) is 0 Å². The van der Waals surface area contributed by atoms with Crippen molar-refractivity contribution >= 4 is 11.6 Å². The molecule has 0 spiro atoms. The van der Waals surface area contributed by atoms with Crippen molar-refractivity contribution in [3.8, 4) is 0 Å². The first-order valence-electron chi connectivity index (χ1n) is 4.33. The van der Waals surface area contributed by atoms with E-state index < -0.39 is 11.4 Å². The minimum Gasteiger partial charge on any atom is -0.396 e. The van der Waals surface area contributed by atoms with Crippen LogP contribution in [0.4, 0.5) is 4.39 Å². The first-order chi connectivity index (χ1) is 6.49. The molecule has 14 heavy (non-hydrogen) atoms. The average molecular weight is 218 g/mol. The van der Waals surface area contributed by atoms with Crippen LogP contribution in [0.2, 0.25) is 5.02 Å². The lowest BCUT2D eigenvalue weighted by atomic mass is 9.89. The summed E-state index contributed by atoms with van der Waals surface area (Å²) in [5.74, 6) is -0.434. The second-order valence-electron chi connectivity index (χ2n) is 3.49. The number of halogens is 2. The highest BCUT2D eigenvalue weighted by molar-refractivity contribution is 6.31. The zero-order valence-electron chi connectivity index (χ0n) is 7.93. The van der Waals surface area contributed by atoms with Gasteiger partial charge < -0.3 is 10.8 Å². The molecule has 3 N–H and O–H groups in total. The van der Waals surface area contributed by atoms with Crippen LogP contribution < -0.4 is 5.73 Å². The standard InChI is InChI=1S/C10H13ClFNO/c1-10(13,5-6-14)9-7(11)3-2-4-8(9)12/h2-4,14H,5-6,13H2,1H3/t10-/m1/s1. The van der Waals surface area contributed by atoms with Gasteiger partial charge in [-0.15, -0.1) is 0 Å². The molecular formula is C10H13ClFNO. The van der Waals surface area contributed by atoms with E-state index in [1.807, 2.05) is 0 Å². The molecule has 1 atom stereocenters. The molecule has 4 heteroatoms. The summed E-state index contributed by atoms with van der Waals surface area (Å²) < 4.78 is 13.4. The molecule has 0 aliphatic carbocycles. The summed E-state index contributed by atoms with van der Waals surface area (Å²) in [7, 11) is 0. The van der Waals surface area contributed by atoms with E-state index >= 15 is 0 Å². The van der Waals surface area contributed by atoms with Crippen LogP contribution in [0.1, 0.15) is 18.9 Å². The Kier molecular flexibility index (Phi) is 3.48. The fraction of sp³-hybridized carbons (Fsp3) is 0.400. The molecule has 0 unspecified atom stereocenters. The topological polar surface area (TPSA) is 46.2 Å². The highest BCUT2D eigenvalue weighted by Gasteiger charge is 2.26. The normalized spacial score (nSPS) is 15.2. The van der Waals surface area contributed by atoms with E-state index in [1.165, 1.54) is 12.1 Å². The van der Waals surface area contributed by atoms with Crippen molar-refractivity contribution in [1.29, 1.82) is 0 Å². The average Bonchev–Trinajstić information content (AvgIpc) is 2.02. The first kappa shape index (κ1) is 11.4. The predicted molar refractivity (Wildman–Crippen MR) is 54.7 cm³/mol. The summed E-state index contributed by atoms with van der Waals surface area (Å²) >= 11 is 5.85. The SMILES string of the molecule is C[C@@](N)(CCO)c1c(F)cccc1Cl. The number of aliphatic hydroxyl groups is 1. The molecule has 1 aromatic carbocycles. The molecule has 0 heterocycles. The van der Waals surface area contributed by atoms with Gasteiger partial charge in [-0.2, -0.15) is 0 Å². The van der Waals surface area contributed by atoms with E-state index in [9.17, 15) is 4.39 Å². The maximum atomic E-state index is 13.4. The van der Waals surface area contributed by atoms with Gasteiger partial charge in [-0.1, -0.05) is 17.7 Å². The molecule has 2 nitrogen and oxygen atoms in total. The van der Waals surface area contributed by atoms with Gasteiger partial charge in [-0.3, -0.25) is 0 Å². The Morgan fingerprint density at radius 2 is 2.21 bits per heavy atom. The fourth-order valence-electron chi connectivity index (χ4n) is 1.40. The third-order valence-corrected chi connectivity index (χ3v) is 2.48. The Bertz CT molecular complexity index is 308. The van der Waals surface area contributed by atoms with E-state index in [2.05, 4.69) is 0 Å². The van der Waals surface area contributed by atoms with Crippen LogP contribution in [0.25, 0.3) is 0 Å². The van der Waals surface area contributed by atoms with Crippen LogP contribution >= 0.6 is 11.6 Å². The molecule has 0 amide bonds. The lowest BCUT2D eigenvalue weighted by Crippen LogP contribution is -2.35. The van der Waals surface area contributed by atoms with E-state index in [1.54, 1.807) is 13.0 Å². The monoisotopic (exact) mass is 217 g/mol. The molecule has 0 bridgehead atoms. The molecule has 0 aliphatic rings. The molecular weight excluding hydrogens is 205 g/mol. The minimum absolute atomic E-state index is 0.0995. The van der Waals surface area contributed by atoms with Crippen molar-refractivity contribution in [2.24, 2.45) is 5.73 Å². The van der Waals surface area contributed by atoms with Gasteiger partial charge in [0, 0.05) is 22.7 Å². The summed E-state index contributed by atoms with van der Waals surface area (Å²) in [5, 5.41) is 9.09. The van der Waals surface area contributed by atoms with E-state index in [0.29, 0.717) is 5.02 Å². The summed E-state index contributed by atoms with van der Waals surface area (Å²) in [6.07, 6.45) is 0.271. The molecule has 1 rings (SSSR count). The van der Waals surface area contributed by atoms with E-state index in [-0.39, 0.29) is 18.6 Å². The van der Waals surface area contributed by atoms with Crippen LogP contribution in [0.15, 0.2) is 18.2 Å². The Morgan fingerprint density at radius 1 is 1.57 bits per heavy atom. The molecule has 0 radical (unpaired) electrons. The van der Waals surface area contributed by atoms with E-state index in [4.69, 9.17) is 22.4 Å². The number of rotatable bonds is 3. The van der Waals surface area contributed by atoms with Crippen LogP contribution in [0.3, 0.4) is 0 Å². The van der Waals surface area contributed by atoms with Crippen molar-refractivity contribution in [3.05, 3.63) is 34.6 Å². The van der Waals surface area contributed by atoms with Crippen LogP contribution in [-0.2, 0) is 5.54 Å². The number of aliphatic hydroxyl groups excluding tert-OH is 1. The van der Waals surface area contributed by atoms with Gasteiger partial charge in [0.15, 0.2) is 0 Å². The fourth-order valence-corrected chi connectivity index (χ4v) is 1.78. The van der Waals surface area contributed by atoms with Crippen molar-refractivity contribution in [2.45, 2.75) is 18.9 Å². The van der Waals surface area contributed by atoms with Gasteiger partial charge in [0.25, 0.3) is 0 Å². The van der Waals surface area contributed by atoms with Gasteiger partial charge >= 0.3 is 0 Å². The second kappa shape index (κ2) is 4.26. The van der Waals surface area contributed by atoms with Gasteiger partial charge in [-0.25, -0.2) is 4.39 Å². The van der Waals surface area contributed by atoms with Crippen LogP contribution in [0.5, 0.6) is 0 Å². The van der Waals surface area contributed by atoms with E-state index in [0.717, 1.165) is 0 Å². The Balaban J connectivity index is 3.17. The first-order valence-corrected chi connectivity index (χ1v) is 4.71. The third-order valence-electron chi connectivity index (χ3n) is 2.17. The van der Waals surface area contributed by atoms with Crippen LogP contribution in [0, 0.1) is 5.82 Å². The second-order valence-corrected chi connectivity index (χ2v) is 3.89. The maximum Gasteiger partial charge on any atom is 0.129 e. The number of hydrogen-bond acceptors (Lipinski definition) is 2. The molecule has 1 aromatic rings. The molecule has 0 fully saturated rings. The van der Waals surface area contributed by atoms with Crippen molar-refractivity contribution < 1.29 is 9.50 Å². The molecule has 0 saturated carbocycles. The van der Waals surface area contributed by atoms with Gasteiger partial charge in [0.05, 0.1) is 0 Å². The molecule has 78 valence electrons. The lowest BCUT2D eigenvalue weighted by molar-refractivity contribution is 0.245. The Hall–Kier alpha value is -0.640. The predicted octanol–water partition coefficient (Wildman–Crippen LogP) is 2.04. The zero-order valence-corrected chi connectivity index (χ0v) is 8.68. The Morgan fingerprint density at radius 3 is 2.71 bits per heavy atom. The summed E-state index contributed by atoms with van der Waals surface area (Å²) in [4.78, 5) is 0. The largest absolute Gasteiger partial charge is 0.396 e. The molecule has 0 saturated heterocycles. The van der Waals surface area contributed by atoms with Crippen molar-refractivity contribution in [3.63, 3.8) is 0 Å². The number of hydrogen-bond donors (Lipinski definition) is 2. The molecule has 0 aromatic heterocycles. The minimum atomic E-state index is -0.933. The maximum absolute atomic E-state index is 13.4. The smallest absolute Gasteiger partial charge is 0.129 e. The summed E-state index contributed by atoms with van der Waals surface area (Å²) in [5.41, 5.74) is 5.19. The summed E-state index contributed by atoms with van der Waals surface area (Å²) in [6.45, 7) is 1.55. The van der Waals surface area contributed by atoms with Gasteiger partial charge in [0.2, 0.25) is 0 Å². The van der Waals surface area contributed by atoms with Gasteiger partial charge in [-0.05, 0) is 25.5 Å². The Labute approximate surface area is 87.5 Å². The number of nitrogens with two attached hydrogens (primary N) is 1. The zero-order chi connectivity index (χ0) is 10.8. The van der Waals surface area contributed by atoms with Gasteiger partial charge in [0.1, 0.15) is 5.82 Å². The quantitative estimate of drug-likeness (QED) is 0.814.